The Morgan fingerprint density at radius 1 is 0.545 bits per heavy atom. The molecule has 4 N–H and O–H groups in total. The Morgan fingerprint density at radius 2 is 0.964 bits per heavy atom. The van der Waals surface area contributed by atoms with Gasteiger partial charge < -0.3 is 29.9 Å². The highest BCUT2D eigenvalue weighted by Gasteiger charge is 2.42. The summed E-state index contributed by atoms with van der Waals surface area (Å²) in [6.07, 6.45) is 10.3. The van der Waals surface area contributed by atoms with Crippen LogP contribution in [0.2, 0.25) is 0 Å². The minimum Gasteiger partial charge on any atom is -0.478 e. The first-order valence-corrected chi connectivity index (χ1v) is 18.2. The lowest BCUT2D eigenvalue weighted by atomic mass is 9.59. The van der Waals surface area contributed by atoms with Gasteiger partial charge in [0, 0.05) is 5.41 Å². The van der Waals surface area contributed by atoms with Gasteiger partial charge >= 0.3 is 35.8 Å². The fraction of sp³-hybridized carbons (Fsp3) is 0.302. The average molecular weight is 751 g/mol. The van der Waals surface area contributed by atoms with Crippen LogP contribution in [-0.4, -0.2) is 56.2 Å². The van der Waals surface area contributed by atoms with E-state index in [2.05, 4.69) is 6.92 Å². The summed E-state index contributed by atoms with van der Waals surface area (Å²) >= 11 is 0. The molecule has 1 aliphatic carbocycles. The summed E-state index contributed by atoms with van der Waals surface area (Å²) in [7, 11) is 0. The predicted molar refractivity (Wildman–Crippen MR) is 200 cm³/mol. The first-order chi connectivity index (χ1) is 26.3. The fourth-order valence-corrected chi connectivity index (χ4v) is 7.60. The van der Waals surface area contributed by atoms with Crippen molar-refractivity contribution in [1.29, 1.82) is 0 Å². The van der Waals surface area contributed by atoms with Gasteiger partial charge in [-0.15, -0.1) is 0 Å². The number of carbonyl (C=O) groups excluding carboxylic acids is 2. The van der Waals surface area contributed by atoms with Gasteiger partial charge in [-0.2, -0.15) is 0 Å². The second-order valence-corrected chi connectivity index (χ2v) is 13.7. The Morgan fingerprint density at radius 3 is 1.35 bits per heavy atom. The van der Waals surface area contributed by atoms with E-state index >= 15 is 0 Å². The number of benzene rings is 4. The quantitative estimate of drug-likeness (QED) is 0.0482. The van der Waals surface area contributed by atoms with Crippen LogP contribution in [0.15, 0.2) is 84.9 Å². The number of hydrogen-bond donors (Lipinski definition) is 4. The van der Waals surface area contributed by atoms with Gasteiger partial charge in [-0.05, 0) is 97.0 Å². The summed E-state index contributed by atoms with van der Waals surface area (Å²) in [6.45, 7) is 2.15. The van der Waals surface area contributed by atoms with Crippen molar-refractivity contribution >= 4 is 35.8 Å². The maximum atomic E-state index is 13.1. The van der Waals surface area contributed by atoms with Gasteiger partial charge in [0.25, 0.3) is 0 Å². The van der Waals surface area contributed by atoms with Crippen LogP contribution in [0, 0.1) is 5.92 Å². The lowest BCUT2D eigenvalue weighted by Crippen LogP contribution is -2.38. The van der Waals surface area contributed by atoms with E-state index in [0.29, 0.717) is 0 Å². The Balaban J connectivity index is 1.46. The van der Waals surface area contributed by atoms with E-state index in [1.165, 1.54) is 12.1 Å². The zero-order valence-corrected chi connectivity index (χ0v) is 30.3. The molecule has 55 heavy (non-hydrogen) atoms. The number of ether oxygens (including phenoxy) is 2. The fourth-order valence-electron chi connectivity index (χ4n) is 7.60. The van der Waals surface area contributed by atoms with Crippen LogP contribution in [0.3, 0.4) is 0 Å². The van der Waals surface area contributed by atoms with Gasteiger partial charge in [-0.3, -0.25) is 0 Å². The van der Waals surface area contributed by atoms with Gasteiger partial charge in [0.05, 0.1) is 33.4 Å². The molecule has 0 amide bonds. The maximum Gasteiger partial charge on any atom is 0.343 e. The van der Waals surface area contributed by atoms with Crippen LogP contribution in [-0.2, 0) is 5.41 Å². The third kappa shape index (κ3) is 9.09. The topological polar surface area (TPSA) is 202 Å². The summed E-state index contributed by atoms with van der Waals surface area (Å²) < 4.78 is 11.2. The second kappa shape index (κ2) is 17.7. The zero-order chi connectivity index (χ0) is 39.7. The zero-order valence-electron chi connectivity index (χ0n) is 30.3. The van der Waals surface area contributed by atoms with Gasteiger partial charge in [0.15, 0.2) is 0 Å². The molecule has 286 valence electrons. The third-order valence-electron chi connectivity index (χ3n) is 10.3. The molecular weight excluding hydrogens is 708 g/mol. The molecule has 0 spiro atoms. The molecule has 12 nitrogen and oxygen atoms in total. The molecule has 0 radical (unpaired) electrons. The van der Waals surface area contributed by atoms with Crippen LogP contribution >= 0.6 is 0 Å². The van der Waals surface area contributed by atoms with Crippen molar-refractivity contribution in [3.63, 3.8) is 0 Å². The van der Waals surface area contributed by atoms with Crippen molar-refractivity contribution in [3.05, 3.63) is 129 Å². The van der Waals surface area contributed by atoms with Crippen LogP contribution in [0.25, 0.3) is 0 Å². The van der Waals surface area contributed by atoms with Crippen molar-refractivity contribution in [1.82, 2.24) is 0 Å². The van der Waals surface area contributed by atoms with Crippen LogP contribution in [0.1, 0.15) is 144 Å². The molecule has 0 aromatic heterocycles. The molecule has 1 saturated carbocycles. The van der Waals surface area contributed by atoms with Crippen molar-refractivity contribution in [2.45, 2.75) is 76.5 Å². The first-order valence-electron chi connectivity index (χ1n) is 18.2. The largest absolute Gasteiger partial charge is 0.478 e. The van der Waals surface area contributed by atoms with Crippen LogP contribution in [0.5, 0.6) is 11.5 Å². The van der Waals surface area contributed by atoms with E-state index < -0.39 is 63.5 Å². The number of carboxylic acids is 4. The standard InChI is InChI=1S/C43H42O12/c1-2-3-4-8-23-43(28-9-6-5-7-10-28,29-13-17-31(18-14-29)54-41(52)26-11-21-33(37(44)45)35(24-26)39(48)49)30-15-19-32(20-16-30)55-42(53)27-12-22-34(38(46)47)36(25-27)40(50)51/h11-22,24-25,28H,2-10,23H2,1H3,(H,44,45)(H,46,47)(H,48,49)(H,50,51). The smallest absolute Gasteiger partial charge is 0.343 e. The predicted octanol–water partition coefficient (Wildman–Crippen LogP) is 8.75. The maximum absolute atomic E-state index is 13.1. The van der Waals surface area contributed by atoms with Gasteiger partial charge in [-0.1, -0.05) is 76.1 Å². The SMILES string of the molecule is CCCCCCC(c1ccc(OC(=O)c2ccc(C(=O)O)c(C(=O)O)c2)cc1)(c1ccc(OC(=O)c2ccc(C(=O)O)c(C(=O)O)c2)cc1)C1CCCCC1. The normalized spacial score (nSPS) is 13.1. The number of esters is 2. The number of rotatable bonds is 16. The molecule has 0 heterocycles. The van der Waals surface area contributed by atoms with E-state index in [0.717, 1.165) is 99.6 Å². The van der Waals surface area contributed by atoms with Crippen molar-refractivity contribution < 1.29 is 58.7 Å². The van der Waals surface area contributed by atoms with Crippen molar-refractivity contribution in [2.24, 2.45) is 5.92 Å². The van der Waals surface area contributed by atoms with Crippen molar-refractivity contribution in [3.8, 4) is 11.5 Å². The highest BCUT2D eigenvalue weighted by Crippen LogP contribution is 2.50. The van der Waals surface area contributed by atoms with E-state index in [-0.39, 0.29) is 28.5 Å². The molecule has 12 heteroatoms. The third-order valence-corrected chi connectivity index (χ3v) is 10.3. The number of carboxylic acid groups (broad SMARTS) is 4. The molecule has 4 aromatic rings. The van der Waals surface area contributed by atoms with E-state index in [1.807, 2.05) is 24.3 Å². The van der Waals surface area contributed by atoms with Crippen molar-refractivity contribution in [2.75, 3.05) is 0 Å². The molecular formula is C43H42O12. The Hall–Kier alpha value is -6.30. The Bertz CT molecular complexity index is 1940. The Labute approximate surface area is 317 Å². The number of hydrogen-bond acceptors (Lipinski definition) is 8. The second-order valence-electron chi connectivity index (χ2n) is 13.7. The Kier molecular flexibility index (Phi) is 12.8. The molecule has 0 unspecified atom stereocenters. The van der Waals surface area contributed by atoms with Crippen LogP contribution in [0.4, 0.5) is 0 Å². The van der Waals surface area contributed by atoms with E-state index in [1.54, 1.807) is 24.3 Å². The molecule has 0 bridgehead atoms. The molecule has 0 saturated heterocycles. The molecule has 1 fully saturated rings. The summed E-state index contributed by atoms with van der Waals surface area (Å²) in [5.74, 6) is -6.79. The minimum atomic E-state index is -1.48. The highest BCUT2D eigenvalue weighted by atomic mass is 16.5. The number of unbranched alkanes of at least 4 members (excludes halogenated alkanes) is 3. The molecule has 4 aromatic carbocycles. The van der Waals surface area contributed by atoms with Gasteiger partial charge in [0.2, 0.25) is 0 Å². The first kappa shape index (κ1) is 39.9. The summed E-state index contributed by atoms with van der Waals surface area (Å²) in [5, 5.41) is 37.6. The summed E-state index contributed by atoms with van der Waals surface area (Å²) in [5.41, 5.74) is -0.596. The minimum absolute atomic E-state index is 0.112. The summed E-state index contributed by atoms with van der Waals surface area (Å²) in [4.78, 5) is 72.4. The molecule has 0 aliphatic heterocycles. The van der Waals surface area contributed by atoms with E-state index in [9.17, 15) is 49.2 Å². The lowest BCUT2D eigenvalue weighted by Gasteiger charge is -2.44. The van der Waals surface area contributed by atoms with Crippen LogP contribution < -0.4 is 9.47 Å². The molecule has 0 atom stereocenters. The number of aromatic carboxylic acids is 4. The molecule has 1 aliphatic rings. The van der Waals surface area contributed by atoms with Gasteiger partial charge in [0.1, 0.15) is 11.5 Å². The lowest BCUT2D eigenvalue weighted by molar-refractivity contribution is 0.0650. The monoisotopic (exact) mass is 750 g/mol. The number of carbonyl (C=O) groups is 6. The van der Waals surface area contributed by atoms with E-state index in [4.69, 9.17) is 9.47 Å². The van der Waals surface area contributed by atoms with Gasteiger partial charge in [-0.25, -0.2) is 28.8 Å². The molecule has 5 rings (SSSR count). The highest BCUT2D eigenvalue weighted by molar-refractivity contribution is 6.05. The average Bonchev–Trinajstić information content (AvgIpc) is 3.18. The summed E-state index contributed by atoms with van der Waals surface area (Å²) in [6, 6.07) is 21.0.